The van der Waals surface area contributed by atoms with Crippen molar-refractivity contribution in [2.45, 2.75) is 32.7 Å². The molecule has 1 aromatic heterocycles. The van der Waals surface area contributed by atoms with Crippen LogP contribution >= 0.6 is 0 Å². The summed E-state index contributed by atoms with van der Waals surface area (Å²) >= 11 is 0. The summed E-state index contributed by atoms with van der Waals surface area (Å²) in [7, 11) is 0. The van der Waals surface area contributed by atoms with E-state index in [-0.39, 0.29) is 23.5 Å². The highest BCUT2D eigenvalue weighted by Gasteiger charge is 2.33. The van der Waals surface area contributed by atoms with Gasteiger partial charge in [-0.25, -0.2) is 9.97 Å². The van der Waals surface area contributed by atoms with E-state index in [2.05, 4.69) is 42.0 Å². The lowest BCUT2D eigenvalue weighted by Gasteiger charge is -2.26. The summed E-state index contributed by atoms with van der Waals surface area (Å²) in [4.78, 5) is 22.7. The maximum absolute atomic E-state index is 12.8. The number of hydrogen-bond acceptors (Lipinski definition) is 4. The second-order valence-corrected chi connectivity index (χ2v) is 5.74. The molecule has 2 aromatic rings. The van der Waals surface area contributed by atoms with Crippen molar-refractivity contribution in [3.8, 4) is 0 Å². The highest BCUT2D eigenvalue weighted by atomic mass is 16.2. The van der Waals surface area contributed by atoms with Gasteiger partial charge in [-0.05, 0) is 43.4 Å². The maximum atomic E-state index is 12.8. The Bertz CT molecular complexity index is 714. The van der Waals surface area contributed by atoms with Crippen molar-refractivity contribution >= 4 is 11.7 Å². The van der Waals surface area contributed by atoms with Crippen LogP contribution in [0.2, 0.25) is 0 Å². The van der Waals surface area contributed by atoms with E-state index >= 15 is 0 Å². The normalized spacial score (nSPS) is 17.7. The lowest BCUT2D eigenvalue weighted by atomic mass is 9.96. The molecule has 2 heterocycles. The highest BCUT2D eigenvalue weighted by molar-refractivity contribution is 5.96. The van der Waals surface area contributed by atoms with Crippen molar-refractivity contribution in [3.05, 3.63) is 53.0 Å². The third-order valence-corrected chi connectivity index (χ3v) is 4.45. The number of likely N-dealkylation sites (tertiary alicyclic amines) is 1. The molecule has 0 unspecified atom stereocenters. The van der Waals surface area contributed by atoms with E-state index in [1.54, 1.807) is 0 Å². The summed E-state index contributed by atoms with van der Waals surface area (Å²) in [5.74, 6) is 0.0631. The SMILES string of the molecule is Cc1cccc([C@H]2CCCN2C(=O)c2nccnc2N)c1C. The summed E-state index contributed by atoms with van der Waals surface area (Å²) in [6, 6.07) is 6.35. The molecule has 5 heteroatoms. The first-order valence-electron chi connectivity index (χ1n) is 7.53. The molecule has 0 spiro atoms. The second kappa shape index (κ2) is 5.75. The molecule has 1 aliphatic rings. The van der Waals surface area contributed by atoms with E-state index in [0.29, 0.717) is 0 Å². The maximum Gasteiger partial charge on any atom is 0.276 e. The van der Waals surface area contributed by atoms with Crippen molar-refractivity contribution in [1.82, 2.24) is 14.9 Å². The molecule has 2 N–H and O–H groups in total. The minimum absolute atomic E-state index is 0.0915. The predicted molar refractivity (Wildman–Crippen MR) is 85.4 cm³/mol. The first kappa shape index (κ1) is 14.5. The van der Waals surface area contributed by atoms with Gasteiger partial charge in [-0.2, -0.15) is 0 Å². The van der Waals surface area contributed by atoms with Gasteiger partial charge in [0, 0.05) is 18.9 Å². The Morgan fingerprint density at radius 3 is 2.82 bits per heavy atom. The zero-order valence-corrected chi connectivity index (χ0v) is 12.9. The van der Waals surface area contributed by atoms with Crippen molar-refractivity contribution in [1.29, 1.82) is 0 Å². The molecule has 1 aliphatic heterocycles. The predicted octanol–water partition coefficient (Wildman–Crippen LogP) is 2.65. The molecule has 0 bridgehead atoms. The summed E-state index contributed by atoms with van der Waals surface area (Å²) in [5.41, 5.74) is 9.77. The standard InChI is InChI=1S/C17H20N4O/c1-11-5-3-6-13(12(11)2)14-7-4-10-21(14)17(22)15-16(18)20-9-8-19-15/h3,5-6,8-9,14H,4,7,10H2,1-2H3,(H2,18,20)/t14-/m1/s1. The average Bonchev–Trinajstić information content (AvgIpc) is 2.99. The van der Waals surface area contributed by atoms with Gasteiger partial charge in [0.05, 0.1) is 6.04 Å². The Kier molecular flexibility index (Phi) is 3.79. The molecule has 0 saturated carbocycles. The van der Waals surface area contributed by atoms with E-state index in [1.807, 2.05) is 4.90 Å². The molecule has 1 saturated heterocycles. The van der Waals surface area contributed by atoms with Crippen LogP contribution in [-0.2, 0) is 0 Å². The van der Waals surface area contributed by atoms with Crippen LogP contribution in [0.4, 0.5) is 5.82 Å². The molecule has 3 rings (SSSR count). The quantitative estimate of drug-likeness (QED) is 0.924. The number of amides is 1. The fourth-order valence-corrected chi connectivity index (χ4v) is 3.12. The van der Waals surface area contributed by atoms with E-state index in [0.717, 1.165) is 19.4 Å². The number of aromatic nitrogens is 2. The van der Waals surface area contributed by atoms with Gasteiger partial charge in [0.1, 0.15) is 0 Å². The lowest BCUT2D eigenvalue weighted by Crippen LogP contribution is -2.32. The fraction of sp³-hybridized carbons (Fsp3) is 0.353. The second-order valence-electron chi connectivity index (χ2n) is 5.74. The third kappa shape index (κ3) is 2.43. The van der Waals surface area contributed by atoms with Crippen molar-refractivity contribution < 1.29 is 4.79 Å². The van der Waals surface area contributed by atoms with Crippen molar-refractivity contribution in [2.24, 2.45) is 0 Å². The minimum Gasteiger partial charge on any atom is -0.382 e. The number of aryl methyl sites for hydroxylation is 1. The molecule has 22 heavy (non-hydrogen) atoms. The van der Waals surface area contributed by atoms with Crippen molar-refractivity contribution in [3.63, 3.8) is 0 Å². The third-order valence-electron chi connectivity index (χ3n) is 4.45. The van der Waals surface area contributed by atoms with E-state index in [1.165, 1.54) is 29.1 Å². The van der Waals surface area contributed by atoms with Gasteiger partial charge in [-0.1, -0.05) is 18.2 Å². The molecular formula is C17H20N4O. The largest absolute Gasteiger partial charge is 0.382 e. The van der Waals surface area contributed by atoms with Gasteiger partial charge in [0.2, 0.25) is 0 Å². The van der Waals surface area contributed by atoms with Gasteiger partial charge < -0.3 is 10.6 Å². The molecule has 1 fully saturated rings. The minimum atomic E-state index is -0.131. The first-order chi connectivity index (χ1) is 10.6. The van der Waals surface area contributed by atoms with Crippen molar-refractivity contribution in [2.75, 3.05) is 12.3 Å². The molecule has 1 atom stereocenters. The van der Waals surface area contributed by atoms with Gasteiger partial charge in [0.15, 0.2) is 11.5 Å². The molecule has 114 valence electrons. The number of nitrogens with two attached hydrogens (primary N) is 1. The summed E-state index contributed by atoms with van der Waals surface area (Å²) in [6.45, 7) is 4.94. The Hall–Kier alpha value is -2.43. The fourth-order valence-electron chi connectivity index (χ4n) is 3.12. The number of carbonyl (C=O) groups excluding carboxylic acids is 1. The van der Waals surface area contributed by atoms with Gasteiger partial charge >= 0.3 is 0 Å². The van der Waals surface area contributed by atoms with E-state index in [9.17, 15) is 4.79 Å². The van der Waals surface area contributed by atoms with Crippen LogP contribution in [0.25, 0.3) is 0 Å². The lowest BCUT2D eigenvalue weighted by molar-refractivity contribution is 0.0730. The molecule has 5 nitrogen and oxygen atoms in total. The smallest absolute Gasteiger partial charge is 0.276 e. The summed E-state index contributed by atoms with van der Waals surface area (Å²) < 4.78 is 0. The zero-order valence-electron chi connectivity index (χ0n) is 12.9. The Balaban J connectivity index is 1.95. The highest BCUT2D eigenvalue weighted by Crippen LogP contribution is 2.35. The number of hydrogen-bond donors (Lipinski definition) is 1. The Morgan fingerprint density at radius 2 is 2.05 bits per heavy atom. The summed E-state index contributed by atoms with van der Waals surface area (Å²) in [6.07, 6.45) is 4.96. The zero-order chi connectivity index (χ0) is 15.7. The molecule has 1 amide bonds. The van der Waals surface area contributed by atoms with Crippen LogP contribution in [0.1, 0.15) is 46.1 Å². The van der Waals surface area contributed by atoms with Gasteiger partial charge in [-0.3, -0.25) is 4.79 Å². The number of rotatable bonds is 2. The van der Waals surface area contributed by atoms with Crippen LogP contribution in [-0.4, -0.2) is 27.3 Å². The van der Waals surface area contributed by atoms with E-state index in [4.69, 9.17) is 5.73 Å². The number of nitrogen functional groups attached to an aromatic ring is 1. The van der Waals surface area contributed by atoms with Crippen LogP contribution in [0.3, 0.4) is 0 Å². The number of benzene rings is 1. The number of carbonyl (C=O) groups is 1. The Labute approximate surface area is 130 Å². The first-order valence-corrected chi connectivity index (χ1v) is 7.53. The van der Waals surface area contributed by atoms with E-state index < -0.39 is 0 Å². The van der Waals surface area contributed by atoms with Crippen LogP contribution in [0.5, 0.6) is 0 Å². The molecular weight excluding hydrogens is 276 g/mol. The summed E-state index contributed by atoms with van der Waals surface area (Å²) in [5, 5.41) is 0. The van der Waals surface area contributed by atoms with Gasteiger partial charge in [0.25, 0.3) is 5.91 Å². The number of anilines is 1. The topological polar surface area (TPSA) is 72.1 Å². The van der Waals surface area contributed by atoms with Crippen LogP contribution in [0, 0.1) is 13.8 Å². The van der Waals surface area contributed by atoms with Gasteiger partial charge in [-0.15, -0.1) is 0 Å². The molecule has 0 radical (unpaired) electrons. The Morgan fingerprint density at radius 1 is 1.27 bits per heavy atom. The molecule has 0 aliphatic carbocycles. The number of nitrogens with zero attached hydrogens (tertiary/aromatic N) is 3. The molecule has 1 aromatic carbocycles. The monoisotopic (exact) mass is 296 g/mol. The van der Waals surface area contributed by atoms with Crippen LogP contribution in [0.15, 0.2) is 30.6 Å². The average molecular weight is 296 g/mol. The van der Waals surface area contributed by atoms with Crippen LogP contribution < -0.4 is 5.73 Å².